The Kier molecular flexibility index (Phi) is 7.60. The molecule has 0 saturated heterocycles. The van der Waals surface area contributed by atoms with Gasteiger partial charge in [-0.05, 0) is 69.3 Å². The smallest absolute Gasteiger partial charge is 0.0457 e. The lowest BCUT2D eigenvalue weighted by Gasteiger charge is -2.30. The van der Waals surface area contributed by atoms with Crippen LogP contribution in [0.2, 0.25) is 0 Å². The van der Waals surface area contributed by atoms with Gasteiger partial charge < -0.3 is 4.90 Å². The normalized spacial score (nSPS) is 16.1. The summed E-state index contributed by atoms with van der Waals surface area (Å²) in [4.78, 5) is 2.55. The zero-order valence-corrected chi connectivity index (χ0v) is 25.1. The van der Waals surface area contributed by atoms with E-state index in [1.807, 2.05) is 0 Å². The van der Waals surface area contributed by atoms with Crippen LogP contribution in [0.4, 0.5) is 5.69 Å². The summed E-state index contributed by atoms with van der Waals surface area (Å²) in [5, 5.41) is 5.26. The summed E-state index contributed by atoms with van der Waals surface area (Å²) in [7, 11) is 0. The summed E-state index contributed by atoms with van der Waals surface area (Å²) in [6.45, 7) is 19.3. The Morgan fingerprint density at radius 3 is 2.23 bits per heavy atom. The molecule has 0 spiro atoms. The molecule has 0 aromatic heterocycles. The van der Waals surface area contributed by atoms with Gasteiger partial charge in [0.1, 0.15) is 0 Å². The van der Waals surface area contributed by atoms with Crippen molar-refractivity contribution in [3.05, 3.63) is 138 Å². The summed E-state index contributed by atoms with van der Waals surface area (Å²) < 4.78 is 0. The maximum atomic E-state index is 4.51. The van der Waals surface area contributed by atoms with Crippen molar-refractivity contribution in [1.82, 2.24) is 0 Å². The summed E-state index contributed by atoms with van der Waals surface area (Å²) in [6, 6.07) is 26.5. The predicted molar refractivity (Wildman–Crippen MR) is 176 cm³/mol. The van der Waals surface area contributed by atoms with Crippen LogP contribution < -0.4 is 4.90 Å². The molecule has 4 aromatic rings. The van der Waals surface area contributed by atoms with E-state index >= 15 is 0 Å². The summed E-state index contributed by atoms with van der Waals surface area (Å²) in [5.41, 5.74) is 7.68. The van der Waals surface area contributed by atoms with E-state index in [1.165, 1.54) is 62.5 Å². The Morgan fingerprint density at radius 1 is 0.850 bits per heavy atom. The van der Waals surface area contributed by atoms with Crippen molar-refractivity contribution in [3.63, 3.8) is 0 Å². The lowest BCUT2D eigenvalue weighted by Crippen LogP contribution is -2.27. The number of allylic oxidation sites excluding steroid dienone is 7. The molecule has 204 valence electrons. The van der Waals surface area contributed by atoms with E-state index < -0.39 is 0 Å². The van der Waals surface area contributed by atoms with Gasteiger partial charge in [-0.3, -0.25) is 0 Å². The monoisotopic (exact) mass is 525 g/mol. The van der Waals surface area contributed by atoms with Crippen molar-refractivity contribution in [2.24, 2.45) is 0 Å². The van der Waals surface area contributed by atoms with Crippen LogP contribution in [0.3, 0.4) is 0 Å². The molecule has 0 atom stereocenters. The molecule has 40 heavy (non-hydrogen) atoms. The summed E-state index contributed by atoms with van der Waals surface area (Å²) >= 11 is 0. The summed E-state index contributed by atoms with van der Waals surface area (Å²) in [5.74, 6) is 0. The SMILES string of the molecule is C=C(/C=C/C=C/C=C1/N(CCCC)c2ccc3ccccc3c2C1(C)C)C(C)(C)c1c(C)ccc2ccccc12. The van der Waals surface area contributed by atoms with Gasteiger partial charge >= 0.3 is 0 Å². The molecule has 0 N–H and O–H groups in total. The number of aryl methyl sites for hydroxylation is 1. The van der Waals surface area contributed by atoms with Crippen molar-refractivity contribution in [3.8, 4) is 0 Å². The topological polar surface area (TPSA) is 3.24 Å². The number of hydrogen-bond donors (Lipinski definition) is 0. The van der Waals surface area contributed by atoms with Crippen molar-refractivity contribution in [1.29, 1.82) is 0 Å². The first-order valence-electron chi connectivity index (χ1n) is 14.7. The second-order valence-electron chi connectivity index (χ2n) is 12.2. The van der Waals surface area contributed by atoms with Crippen LogP contribution in [-0.4, -0.2) is 6.54 Å². The van der Waals surface area contributed by atoms with Crippen LogP contribution in [0.25, 0.3) is 21.5 Å². The standard InChI is InChI=1S/C39H43N/c1-8-9-27-40-34-26-25-31-19-14-16-21-33(31)37(34)39(6,7)35(40)22-12-10-11-17-29(3)38(4,5)36-28(2)23-24-30-18-13-15-20-32(30)36/h10-26H,3,8-9,27H2,1-2,4-7H3/b12-10+,17-11+,35-22+. The van der Waals surface area contributed by atoms with Crippen LogP contribution in [0.1, 0.15) is 64.2 Å². The van der Waals surface area contributed by atoms with Crippen LogP contribution in [0.5, 0.6) is 0 Å². The van der Waals surface area contributed by atoms with Gasteiger partial charge in [-0.2, -0.15) is 0 Å². The van der Waals surface area contributed by atoms with Crippen molar-refractivity contribution in [2.45, 2.75) is 65.2 Å². The van der Waals surface area contributed by atoms with E-state index in [1.54, 1.807) is 0 Å². The minimum atomic E-state index is -0.180. The van der Waals surface area contributed by atoms with E-state index in [2.05, 4.69) is 156 Å². The minimum absolute atomic E-state index is 0.0739. The van der Waals surface area contributed by atoms with E-state index in [0.29, 0.717) is 0 Å². The van der Waals surface area contributed by atoms with Gasteiger partial charge in [0.15, 0.2) is 0 Å². The molecule has 0 amide bonds. The van der Waals surface area contributed by atoms with E-state index in [0.717, 1.165) is 12.1 Å². The average Bonchev–Trinajstić information content (AvgIpc) is 3.16. The molecule has 1 aliphatic heterocycles. The third kappa shape index (κ3) is 4.83. The van der Waals surface area contributed by atoms with Crippen LogP contribution in [-0.2, 0) is 10.8 Å². The molecule has 1 nitrogen and oxygen atoms in total. The molecule has 5 rings (SSSR count). The van der Waals surface area contributed by atoms with E-state index in [9.17, 15) is 0 Å². The highest BCUT2D eigenvalue weighted by Gasteiger charge is 2.40. The van der Waals surface area contributed by atoms with Gasteiger partial charge in [0.2, 0.25) is 0 Å². The molecule has 0 aliphatic carbocycles. The number of anilines is 1. The van der Waals surface area contributed by atoms with Crippen LogP contribution in [0.15, 0.2) is 121 Å². The number of fused-ring (bicyclic) bond motifs is 4. The van der Waals surface area contributed by atoms with Crippen molar-refractivity contribution >= 4 is 27.2 Å². The Hall–Kier alpha value is -3.84. The number of rotatable bonds is 8. The highest BCUT2D eigenvalue weighted by atomic mass is 15.2. The third-order valence-electron chi connectivity index (χ3n) is 8.83. The lowest BCUT2D eigenvalue weighted by molar-refractivity contribution is 0.628. The molecule has 0 unspecified atom stereocenters. The zero-order valence-electron chi connectivity index (χ0n) is 25.1. The lowest BCUT2D eigenvalue weighted by atomic mass is 9.74. The van der Waals surface area contributed by atoms with Gasteiger partial charge in [0.25, 0.3) is 0 Å². The Bertz CT molecular complexity index is 1660. The molecule has 0 saturated carbocycles. The van der Waals surface area contributed by atoms with Gasteiger partial charge in [0, 0.05) is 28.8 Å². The largest absolute Gasteiger partial charge is 0.344 e. The third-order valence-corrected chi connectivity index (χ3v) is 8.83. The first-order chi connectivity index (χ1) is 19.2. The second-order valence-corrected chi connectivity index (χ2v) is 12.2. The first kappa shape index (κ1) is 27.7. The number of unbranched alkanes of at least 4 members (excludes halogenated alkanes) is 1. The fourth-order valence-electron chi connectivity index (χ4n) is 6.55. The molecule has 1 aliphatic rings. The first-order valence-corrected chi connectivity index (χ1v) is 14.7. The van der Waals surface area contributed by atoms with Crippen molar-refractivity contribution in [2.75, 3.05) is 11.4 Å². The maximum absolute atomic E-state index is 4.51. The summed E-state index contributed by atoms with van der Waals surface area (Å²) in [6.07, 6.45) is 13.3. The van der Waals surface area contributed by atoms with E-state index in [-0.39, 0.29) is 10.8 Å². The molecule has 0 bridgehead atoms. The van der Waals surface area contributed by atoms with Gasteiger partial charge in [0.05, 0.1) is 0 Å². The highest BCUT2D eigenvalue weighted by molar-refractivity contribution is 5.95. The number of benzene rings is 4. The van der Waals surface area contributed by atoms with Gasteiger partial charge in [-0.25, -0.2) is 0 Å². The fourth-order valence-corrected chi connectivity index (χ4v) is 6.55. The van der Waals surface area contributed by atoms with Gasteiger partial charge in [-0.1, -0.05) is 139 Å². The van der Waals surface area contributed by atoms with E-state index in [4.69, 9.17) is 0 Å². The van der Waals surface area contributed by atoms with Gasteiger partial charge in [-0.15, -0.1) is 0 Å². The molecule has 0 radical (unpaired) electrons. The quantitative estimate of drug-likeness (QED) is 0.207. The predicted octanol–water partition coefficient (Wildman–Crippen LogP) is 10.7. The van der Waals surface area contributed by atoms with Crippen LogP contribution in [0, 0.1) is 6.92 Å². The Morgan fingerprint density at radius 2 is 1.50 bits per heavy atom. The van der Waals surface area contributed by atoms with Crippen LogP contribution >= 0.6 is 0 Å². The number of nitrogens with zero attached hydrogens (tertiary/aromatic N) is 1. The fraction of sp³-hybridized carbons (Fsp3) is 0.282. The number of hydrogen-bond acceptors (Lipinski definition) is 1. The second kappa shape index (κ2) is 11.0. The zero-order chi connectivity index (χ0) is 28.5. The Labute approximate surface area is 241 Å². The highest BCUT2D eigenvalue weighted by Crippen LogP contribution is 2.50. The molecular formula is C39H43N. The molecule has 1 heterocycles. The Balaban J connectivity index is 1.43. The average molecular weight is 526 g/mol. The molecule has 0 fully saturated rings. The molecular weight excluding hydrogens is 482 g/mol. The molecule has 1 heteroatoms. The minimum Gasteiger partial charge on any atom is -0.344 e. The van der Waals surface area contributed by atoms with Crippen molar-refractivity contribution < 1.29 is 0 Å². The maximum Gasteiger partial charge on any atom is 0.0457 e. The molecule has 4 aromatic carbocycles.